The smallest absolute Gasteiger partial charge is 0.308 e. The van der Waals surface area contributed by atoms with Crippen LogP contribution >= 0.6 is 0 Å². The number of rotatable bonds is 3. The molecule has 0 aliphatic rings. The van der Waals surface area contributed by atoms with Crippen LogP contribution in [0.3, 0.4) is 0 Å². The summed E-state index contributed by atoms with van der Waals surface area (Å²) in [6.45, 7) is 1.44. The molecule has 0 atom stereocenters. The van der Waals surface area contributed by atoms with Crippen LogP contribution in [-0.4, -0.2) is 11.8 Å². The van der Waals surface area contributed by atoms with Gasteiger partial charge in [-0.25, -0.2) is 13.6 Å². The Hall–Kier alpha value is -2.76. The van der Waals surface area contributed by atoms with E-state index in [-0.39, 0.29) is 11.5 Å². The first-order chi connectivity index (χ1) is 9.94. The lowest BCUT2D eigenvalue weighted by atomic mass is 10.1. The molecule has 0 unspecified atom stereocenters. The molecular formula is C15H12F2N2O2. The summed E-state index contributed by atoms with van der Waals surface area (Å²) in [6, 6.07) is 8.33. The molecule has 4 nitrogen and oxygen atoms in total. The molecule has 2 rings (SSSR count). The van der Waals surface area contributed by atoms with Crippen LogP contribution in [0.25, 0.3) is 0 Å². The van der Waals surface area contributed by atoms with Gasteiger partial charge in [-0.15, -0.1) is 0 Å². The molecule has 0 heterocycles. The third-order valence-corrected chi connectivity index (χ3v) is 2.67. The molecule has 0 spiro atoms. The van der Waals surface area contributed by atoms with E-state index in [0.29, 0.717) is 17.3 Å². The van der Waals surface area contributed by atoms with Gasteiger partial charge in [-0.1, -0.05) is 0 Å². The molecule has 2 N–H and O–H groups in total. The number of urea groups is 1. The van der Waals surface area contributed by atoms with Crippen LogP contribution in [0, 0.1) is 11.6 Å². The zero-order valence-corrected chi connectivity index (χ0v) is 11.1. The highest BCUT2D eigenvalue weighted by Gasteiger charge is 2.06. The number of hydrogen-bond acceptors (Lipinski definition) is 2. The average Bonchev–Trinajstić information content (AvgIpc) is 2.37. The van der Waals surface area contributed by atoms with Gasteiger partial charge in [0.1, 0.15) is 11.6 Å². The van der Waals surface area contributed by atoms with Gasteiger partial charge in [-0.05, 0) is 43.3 Å². The molecule has 0 aliphatic carbocycles. The van der Waals surface area contributed by atoms with E-state index in [1.807, 2.05) is 0 Å². The van der Waals surface area contributed by atoms with Crippen molar-refractivity contribution in [3.63, 3.8) is 0 Å². The Morgan fingerprint density at radius 1 is 0.857 bits per heavy atom. The summed E-state index contributed by atoms with van der Waals surface area (Å²) in [4.78, 5) is 22.8. The van der Waals surface area contributed by atoms with Gasteiger partial charge in [0, 0.05) is 23.0 Å². The third kappa shape index (κ3) is 4.10. The quantitative estimate of drug-likeness (QED) is 0.844. The lowest BCUT2D eigenvalue weighted by Gasteiger charge is -2.08. The minimum Gasteiger partial charge on any atom is -0.308 e. The van der Waals surface area contributed by atoms with Gasteiger partial charge in [0.25, 0.3) is 0 Å². The van der Waals surface area contributed by atoms with Gasteiger partial charge in [0.15, 0.2) is 5.78 Å². The molecule has 0 saturated carbocycles. The first-order valence-electron chi connectivity index (χ1n) is 6.09. The second-order valence-electron chi connectivity index (χ2n) is 4.37. The number of hydrogen-bond donors (Lipinski definition) is 2. The average molecular weight is 290 g/mol. The van der Waals surface area contributed by atoms with E-state index in [9.17, 15) is 18.4 Å². The van der Waals surface area contributed by atoms with E-state index in [1.165, 1.54) is 6.92 Å². The summed E-state index contributed by atoms with van der Waals surface area (Å²) in [5.41, 5.74) is 0.980. The minimum absolute atomic E-state index is 0.00496. The largest absolute Gasteiger partial charge is 0.323 e. The highest BCUT2D eigenvalue weighted by molar-refractivity contribution is 6.00. The lowest BCUT2D eigenvalue weighted by molar-refractivity contribution is 0.101. The number of nitrogens with one attached hydrogen (secondary N) is 2. The predicted octanol–water partition coefficient (Wildman–Crippen LogP) is 3.81. The van der Waals surface area contributed by atoms with Gasteiger partial charge < -0.3 is 10.6 Å². The summed E-state index contributed by atoms with van der Waals surface area (Å²) < 4.78 is 26.0. The SMILES string of the molecule is CC(=O)c1ccc(NC(=O)Nc2cc(F)cc(F)c2)cc1. The number of carbonyl (C=O) groups excluding carboxylic acids is 2. The molecule has 0 radical (unpaired) electrons. The van der Waals surface area contributed by atoms with E-state index in [1.54, 1.807) is 24.3 Å². The number of benzene rings is 2. The fourth-order valence-electron chi connectivity index (χ4n) is 1.71. The first-order valence-corrected chi connectivity index (χ1v) is 6.09. The highest BCUT2D eigenvalue weighted by Crippen LogP contribution is 2.14. The Morgan fingerprint density at radius 2 is 1.38 bits per heavy atom. The van der Waals surface area contributed by atoms with Crippen molar-refractivity contribution in [1.82, 2.24) is 0 Å². The molecule has 0 aliphatic heterocycles. The predicted molar refractivity (Wildman–Crippen MR) is 75.4 cm³/mol. The molecular weight excluding hydrogens is 278 g/mol. The van der Waals surface area contributed by atoms with Crippen molar-refractivity contribution in [2.24, 2.45) is 0 Å². The fraction of sp³-hybridized carbons (Fsp3) is 0.0667. The van der Waals surface area contributed by atoms with Crippen LogP contribution in [0.15, 0.2) is 42.5 Å². The minimum atomic E-state index is -0.781. The number of amides is 2. The van der Waals surface area contributed by atoms with Gasteiger partial charge >= 0.3 is 6.03 Å². The number of carbonyl (C=O) groups is 2. The Labute approximate surface area is 119 Å². The third-order valence-electron chi connectivity index (χ3n) is 2.67. The lowest BCUT2D eigenvalue weighted by Crippen LogP contribution is -2.19. The summed E-state index contributed by atoms with van der Waals surface area (Å²) in [5.74, 6) is -1.64. The monoisotopic (exact) mass is 290 g/mol. The maximum atomic E-state index is 13.0. The Balaban J connectivity index is 2.02. The van der Waals surface area contributed by atoms with E-state index in [0.717, 1.165) is 12.1 Å². The molecule has 0 fully saturated rings. The van der Waals surface area contributed by atoms with E-state index >= 15 is 0 Å². The Kier molecular flexibility index (Phi) is 4.27. The van der Waals surface area contributed by atoms with Crippen LogP contribution < -0.4 is 10.6 Å². The Morgan fingerprint density at radius 3 is 1.90 bits per heavy atom. The number of ketones is 1. The van der Waals surface area contributed by atoms with Crippen molar-refractivity contribution >= 4 is 23.2 Å². The summed E-state index contributed by atoms with van der Waals surface area (Å²) in [6.07, 6.45) is 0. The van der Waals surface area contributed by atoms with Crippen LogP contribution in [0.4, 0.5) is 25.0 Å². The molecule has 6 heteroatoms. The summed E-state index contributed by atoms with van der Waals surface area (Å²) in [7, 11) is 0. The number of halogens is 2. The molecule has 2 amide bonds. The standard InChI is InChI=1S/C15H12F2N2O2/c1-9(20)10-2-4-13(5-3-10)18-15(21)19-14-7-11(16)6-12(17)8-14/h2-8H,1H3,(H2,18,19,21). The van der Waals surface area contributed by atoms with Crippen LogP contribution in [0.1, 0.15) is 17.3 Å². The molecule has 2 aromatic rings. The van der Waals surface area contributed by atoms with Crippen molar-refractivity contribution in [2.75, 3.05) is 10.6 Å². The topological polar surface area (TPSA) is 58.2 Å². The van der Waals surface area contributed by atoms with Crippen molar-refractivity contribution in [3.05, 3.63) is 59.7 Å². The molecule has 0 aromatic heterocycles. The van der Waals surface area contributed by atoms with Crippen molar-refractivity contribution in [2.45, 2.75) is 6.92 Å². The second kappa shape index (κ2) is 6.13. The van der Waals surface area contributed by atoms with Gasteiger partial charge in [0.05, 0.1) is 0 Å². The molecule has 0 bridgehead atoms. The van der Waals surface area contributed by atoms with Crippen molar-refractivity contribution in [1.29, 1.82) is 0 Å². The zero-order chi connectivity index (χ0) is 15.4. The molecule has 108 valence electrons. The summed E-state index contributed by atoms with van der Waals surface area (Å²) >= 11 is 0. The molecule has 21 heavy (non-hydrogen) atoms. The second-order valence-corrected chi connectivity index (χ2v) is 4.37. The van der Waals surface area contributed by atoms with Crippen LogP contribution in [-0.2, 0) is 0 Å². The van der Waals surface area contributed by atoms with Crippen LogP contribution in [0.5, 0.6) is 0 Å². The molecule has 2 aromatic carbocycles. The zero-order valence-electron chi connectivity index (χ0n) is 11.1. The Bertz CT molecular complexity index is 664. The van der Waals surface area contributed by atoms with Crippen LogP contribution in [0.2, 0.25) is 0 Å². The fourth-order valence-corrected chi connectivity index (χ4v) is 1.71. The molecule has 0 saturated heterocycles. The highest BCUT2D eigenvalue weighted by atomic mass is 19.1. The van der Waals surface area contributed by atoms with Crippen molar-refractivity contribution < 1.29 is 18.4 Å². The van der Waals surface area contributed by atoms with E-state index < -0.39 is 17.7 Å². The maximum absolute atomic E-state index is 13.0. The first kappa shape index (κ1) is 14.6. The normalized spacial score (nSPS) is 10.0. The van der Waals surface area contributed by atoms with Gasteiger partial charge in [-0.2, -0.15) is 0 Å². The van der Waals surface area contributed by atoms with Gasteiger partial charge in [0.2, 0.25) is 0 Å². The number of Topliss-reactive ketones (excluding diaryl/α,β-unsaturated/α-hetero) is 1. The number of anilines is 2. The summed E-state index contributed by atoms with van der Waals surface area (Å²) in [5, 5.41) is 4.80. The van der Waals surface area contributed by atoms with E-state index in [2.05, 4.69) is 10.6 Å². The van der Waals surface area contributed by atoms with E-state index in [4.69, 9.17) is 0 Å². The maximum Gasteiger partial charge on any atom is 0.323 e. The van der Waals surface area contributed by atoms with Crippen molar-refractivity contribution in [3.8, 4) is 0 Å². The van der Waals surface area contributed by atoms with Gasteiger partial charge in [-0.3, -0.25) is 4.79 Å².